The average Bonchev–Trinajstić information content (AvgIpc) is 3.78. The number of hydrogen-bond acceptors (Lipinski definition) is 8. The molecule has 0 aromatic carbocycles. The number of amides is 3. The molecule has 3 amide bonds. The molecule has 1 saturated carbocycles. The maximum Gasteiger partial charge on any atom is 0.275 e. The van der Waals surface area contributed by atoms with Crippen LogP contribution in [0.2, 0.25) is 0 Å². The molecule has 3 aromatic rings. The van der Waals surface area contributed by atoms with Crippen LogP contribution < -0.4 is 16.0 Å². The van der Waals surface area contributed by atoms with Gasteiger partial charge < -0.3 is 20.9 Å². The van der Waals surface area contributed by atoms with Crippen LogP contribution in [0, 0.1) is 6.92 Å². The number of piperazine rings is 1. The van der Waals surface area contributed by atoms with Crippen molar-refractivity contribution in [2.45, 2.75) is 51.6 Å². The second-order valence-corrected chi connectivity index (χ2v) is 11.6. The number of pyridine rings is 2. The normalized spacial score (nSPS) is 17.5. The van der Waals surface area contributed by atoms with Crippen LogP contribution in [0.1, 0.15) is 76.4 Å². The van der Waals surface area contributed by atoms with E-state index in [2.05, 4.69) is 43.6 Å². The predicted molar refractivity (Wildman–Crippen MR) is 169 cm³/mol. The first-order valence-electron chi connectivity index (χ1n) is 15.1. The molecular weight excluding hydrogens is 558 g/mol. The van der Waals surface area contributed by atoms with Crippen molar-refractivity contribution in [2.24, 2.45) is 7.05 Å². The molecular formula is C32H41N9O3. The van der Waals surface area contributed by atoms with E-state index in [9.17, 15) is 14.4 Å². The zero-order valence-electron chi connectivity index (χ0n) is 25.8. The van der Waals surface area contributed by atoms with Crippen LogP contribution in [0.3, 0.4) is 0 Å². The van der Waals surface area contributed by atoms with Gasteiger partial charge >= 0.3 is 0 Å². The number of nitrogens with one attached hydrogen (secondary N) is 3. The lowest BCUT2D eigenvalue weighted by Crippen LogP contribution is -2.54. The summed E-state index contributed by atoms with van der Waals surface area (Å²) in [6, 6.07) is 7.39. The van der Waals surface area contributed by atoms with E-state index < -0.39 is 5.91 Å². The number of hydrogen-bond donors (Lipinski definition) is 3. The van der Waals surface area contributed by atoms with Crippen LogP contribution in [-0.2, 0) is 11.8 Å². The number of nitrogens with zero attached hydrogens (tertiary/aromatic N) is 6. The highest BCUT2D eigenvalue weighted by atomic mass is 16.2. The van der Waals surface area contributed by atoms with Crippen molar-refractivity contribution < 1.29 is 14.4 Å². The molecule has 5 rings (SSSR count). The van der Waals surface area contributed by atoms with Gasteiger partial charge in [-0.15, -0.1) is 0 Å². The van der Waals surface area contributed by atoms with Gasteiger partial charge in [0.2, 0.25) is 5.91 Å². The van der Waals surface area contributed by atoms with E-state index in [-0.39, 0.29) is 35.3 Å². The summed E-state index contributed by atoms with van der Waals surface area (Å²) in [6.45, 7) is 12.3. The van der Waals surface area contributed by atoms with E-state index in [4.69, 9.17) is 4.98 Å². The number of anilines is 2. The molecule has 232 valence electrons. The summed E-state index contributed by atoms with van der Waals surface area (Å²) < 4.78 is 1.59. The molecule has 4 heterocycles. The molecule has 3 aromatic heterocycles. The van der Waals surface area contributed by atoms with Gasteiger partial charge in [0, 0.05) is 64.3 Å². The summed E-state index contributed by atoms with van der Waals surface area (Å²) in [4.78, 5) is 52.3. The second kappa shape index (κ2) is 13.4. The van der Waals surface area contributed by atoms with Gasteiger partial charge in [-0.3, -0.25) is 28.9 Å². The van der Waals surface area contributed by atoms with E-state index in [1.807, 2.05) is 31.0 Å². The third-order valence-corrected chi connectivity index (χ3v) is 8.09. The Labute approximate surface area is 257 Å². The highest BCUT2D eigenvalue weighted by molar-refractivity contribution is 6.05. The molecule has 0 radical (unpaired) electrons. The third kappa shape index (κ3) is 7.13. The number of rotatable bonds is 11. The molecule has 1 saturated heterocycles. The largest absolute Gasteiger partial charge is 0.373 e. The van der Waals surface area contributed by atoms with Crippen molar-refractivity contribution in [3.63, 3.8) is 0 Å². The van der Waals surface area contributed by atoms with E-state index in [0.717, 1.165) is 5.69 Å². The van der Waals surface area contributed by atoms with E-state index in [1.54, 1.807) is 37.0 Å². The van der Waals surface area contributed by atoms with Crippen molar-refractivity contribution in [3.05, 3.63) is 77.5 Å². The van der Waals surface area contributed by atoms with Crippen molar-refractivity contribution in [1.29, 1.82) is 0 Å². The van der Waals surface area contributed by atoms with Gasteiger partial charge in [-0.1, -0.05) is 12.6 Å². The first-order chi connectivity index (χ1) is 21.2. The van der Waals surface area contributed by atoms with Crippen molar-refractivity contribution in [2.75, 3.05) is 43.4 Å². The van der Waals surface area contributed by atoms with E-state index >= 15 is 0 Å². The van der Waals surface area contributed by atoms with E-state index in [1.165, 1.54) is 24.5 Å². The Morgan fingerprint density at radius 1 is 1.14 bits per heavy atom. The molecule has 2 fully saturated rings. The fourth-order valence-corrected chi connectivity index (χ4v) is 5.61. The molecule has 44 heavy (non-hydrogen) atoms. The highest BCUT2D eigenvalue weighted by Crippen LogP contribution is 2.40. The predicted octanol–water partition coefficient (Wildman–Crippen LogP) is 3.27. The van der Waals surface area contributed by atoms with Gasteiger partial charge in [-0.2, -0.15) is 5.10 Å². The minimum atomic E-state index is -0.451. The Morgan fingerprint density at radius 2 is 1.93 bits per heavy atom. The molecule has 2 aliphatic rings. The third-order valence-electron chi connectivity index (χ3n) is 8.09. The van der Waals surface area contributed by atoms with Crippen LogP contribution in [0.15, 0.2) is 49.3 Å². The van der Waals surface area contributed by atoms with Crippen LogP contribution in [0.5, 0.6) is 0 Å². The number of aryl methyl sites for hydroxylation is 2. The molecule has 12 nitrogen and oxygen atoms in total. The van der Waals surface area contributed by atoms with Crippen LogP contribution in [0.4, 0.5) is 11.5 Å². The fraction of sp³-hybridized carbons (Fsp3) is 0.438. The van der Waals surface area contributed by atoms with Gasteiger partial charge in [0.1, 0.15) is 5.69 Å². The maximum atomic E-state index is 13.3. The molecule has 0 spiro atoms. The molecule has 12 heteroatoms. The lowest BCUT2D eigenvalue weighted by Gasteiger charge is -2.40. The Kier molecular flexibility index (Phi) is 9.38. The number of carbonyl (C=O) groups is 3. The first kappa shape index (κ1) is 30.9. The Morgan fingerprint density at radius 3 is 2.55 bits per heavy atom. The standard InChI is InChI=1S/C32H41N9O3/c1-6-28(42)41-15-14-40(18-21(41)4)19-26(24-11-10-23(17-34-24)22-8-9-22)35-25-16-20(3)29(37-30(25)31(43)33-7-2)32(44)36-27-12-13-39(5)38-27/h6,10-13,16-17,21-22,26,35H,1,7-9,14-15,18-19H2,2-5H3,(H,33,43)(H,36,38,44)/t21-,26-/m1/s1. The Bertz CT molecular complexity index is 1530. The summed E-state index contributed by atoms with van der Waals surface area (Å²) in [5, 5.41) is 13.4. The minimum Gasteiger partial charge on any atom is -0.373 e. The molecule has 0 unspecified atom stereocenters. The van der Waals surface area contributed by atoms with Gasteiger partial charge in [0.25, 0.3) is 11.8 Å². The van der Waals surface area contributed by atoms with Crippen molar-refractivity contribution in [1.82, 2.24) is 34.9 Å². The number of aromatic nitrogens is 4. The van der Waals surface area contributed by atoms with Gasteiger partial charge in [0.15, 0.2) is 11.5 Å². The summed E-state index contributed by atoms with van der Waals surface area (Å²) in [5.41, 5.74) is 3.45. The van der Waals surface area contributed by atoms with Crippen LogP contribution in [0.25, 0.3) is 0 Å². The zero-order chi connectivity index (χ0) is 31.4. The Balaban J connectivity index is 1.44. The highest BCUT2D eigenvalue weighted by Gasteiger charge is 2.30. The summed E-state index contributed by atoms with van der Waals surface area (Å²) >= 11 is 0. The topological polar surface area (TPSA) is 137 Å². The van der Waals surface area contributed by atoms with Gasteiger partial charge in [-0.25, -0.2) is 4.98 Å². The smallest absolute Gasteiger partial charge is 0.275 e. The molecule has 1 aliphatic carbocycles. The maximum absolute atomic E-state index is 13.3. The van der Waals surface area contributed by atoms with Crippen LogP contribution in [-0.4, -0.2) is 86.0 Å². The lowest BCUT2D eigenvalue weighted by atomic mass is 10.1. The monoisotopic (exact) mass is 599 g/mol. The number of carbonyl (C=O) groups excluding carboxylic acids is 3. The molecule has 1 aliphatic heterocycles. The summed E-state index contributed by atoms with van der Waals surface area (Å²) in [7, 11) is 1.76. The quantitative estimate of drug-likeness (QED) is 0.286. The average molecular weight is 600 g/mol. The zero-order valence-corrected chi connectivity index (χ0v) is 25.8. The molecule has 3 N–H and O–H groups in total. The van der Waals surface area contributed by atoms with Crippen molar-refractivity contribution in [3.8, 4) is 0 Å². The fourth-order valence-electron chi connectivity index (χ4n) is 5.61. The second-order valence-electron chi connectivity index (χ2n) is 11.6. The summed E-state index contributed by atoms with van der Waals surface area (Å²) in [5.74, 6) is 0.0750. The van der Waals surface area contributed by atoms with Crippen molar-refractivity contribution >= 4 is 29.2 Å². The van der Waals surface area contributed by atoms with E-state index in [0.29, 0.717) is 55.7 Å². The minimum absolute atomic E-state index is 0.0202. The lowest BCUT2D eigenvalue weighted by molar-refractivity contribution is -0.130. The summed E-state index contributed by atoms with van der Waals surface area (Å²) in [6.07, 6.45) is 7.42. The molecule has 2 atom stereocenters. The van der Waals surface area contributed by atoms with Gasteiger partial charge in [-0.05, 0) is 68.9 Å². The molecule has 0 bridgehead atoms. The van der Waals surface area contributed by atoms with Crippen LogP contribution >= 0.6 is 0 Å². The Hall–Kier alpha value is -4.58. The van der Waals surface area contributed by atoms with Gasteiger partial charge in [0.05, 0.1) is 17.4 Å². The first-order valence-corrected chi connectivity index (χ1v) is 15.1. The SMILES string of the molecule is C=CC(=O)N1CCN(C[C@@H](Nc2cc(C)c(C(=O)Nc3ccn(C)n3)nc2C(=O)NCC)c2ccc(C3CC3)cn2)C[C@H]1C.